The molecule has 2 aromatic carbocycles. The van der Waals surface area contributed by atoms with Crippen LogP contribution < -0.4 is 4.74 Å². The molecule has 5 heteroatoms. The molecule has 1 fully saturated rings. The number of aromatic carboxylic acids is 1. The quantitative estimate of drug-likeness (QED) is 0.724. The molecule has 0 bridgehead atoms. The monoisotopic (exact) mass is 374 g/mol. The van der Waals surface area contributed by atoms with E-state index in [1.54, 1.807) is 24.3 Å². The smallest absolute Gasteiger partial charge is 0.339 e. The number of halogens is 1. The Morgan fingerprint density at radius 2 is 1.88 bits per heavy atom. The van der Waals surface area contributed by atoms with E-state index in [1.807, 2.05) is 24.3 Å². The molecule has 0 aromatic heterocycles. The first-order chi connectivity index (χ1) is 12.6. The van der Waals surface area contributed by atoms with Crippen LogP contribution in [-0.4, -0.2) is 23.8 Å². The predicted molar refractivity (Wildman–Crippen MR) is 101 cm³/mol. The minimum Gasteiger partial charge on any atom is -0.492 e. The Morgan fingerprint density at radius 3 is 2.65 bits per heavy atom. The lowest BCUT2D eigenvalue weighted by atomic mass is 9.87. The molecule has 0 spiro atoms. The fourth-order valence-electron chi connectivity index (χ4n) is 3.32. The molecule has 2 atom stereocenters. The molecule has 0 aliphatic heterocycles. The van der Waals surface area contributed by atoms with E-state index in [9.17, 15) is 9.90 Å². The largest absolute Gasteiger partial charge is 0.492 e. The zero-order valence-electron chi connectivity index (χ0n) is 14.6. The lowest BCUT2D eigenvalue weighted by molar-refractivity contribution is -0.00446. The maximum absolute atomic E-state index is 11.3. The van der Waals surface area contributed by atoms with Crippen molar-refractivity contribution in [2.75, 3.05) is 6.61 Å². The highest BCUT2D eigenvalue weighted by Crippen LogP contribution is 2.28. The Morgan fingerprint density at radius 1 is 1.12 bits per heavy atom. The van der Waals surface area contributed by atoms with Gasteiger partial charge in [-0.2, -0.15) is 0 Å². The van der Waals surface area contributed by atoms with Gasteiger partial charge < -0.3 is 14.6 Å². The van der Waals surface area contributed by atoms with Crippen molar-refractivity contribution in [1.29, 1.82) is 0 Å². The Hall–Kier alpha value is -2.04. The number of carboxylic acid groups (broad SMARTS) is 1. The third-order valence-corrected chi connectivity index (χ3v) is 4.98. The molecular formula is C21H23ClO4. The van der Waals surface area contributed by atoms with E-state index in [-0.39, 0.29) is 11.7 Å². The van der Waals surface area contributed by atoms with Crippen molar-refractivity contribution in [3.8, 4) is 5.75 Å². The van der Waals surface area contributed by atoms with Crippen molar-refractivity contribution in [3.63, 3.8) is 0 Å². The minimum atomic E-state index is -0.964. The van der Waals surface area contributed by atoms with Gasteiger partial charge >= 0.3 is 5.97 Å². The fraction of sp³-hybridized carbons (Fsp3) is 0.381. The van der Waals surface area contributed by atoms with E-state index in [4.69, 9.17) is 21.1 Å². The van der Waals surface area contributed by atoms with Crippen LogP contribution in [0.2, 0.25) is 5.02 Å². The highest BCUT2D eigenvalue weighted by atomic mass is 35.5. The van der Waals surface area contributed by atoms with Gasteiger partial charge in [0.25, 0.3) is 0 Å². The van der Waals surface area contributed by atoms with Gasteiger partial charge in [-0.1, -0.05) is 42.3 Å². The molecule has 0 amide bonds. The molecule has 0 heterocycles. The van der Waals surface area contributed by atoms with Gasteiger partial charge in [-0.25, -0.2) is 4.79 Å². The fourth-order valence-corrected chi connectivity index (χ4v) is 3.44. The number of carbonyl (C=O) groups is 1. The normalized spacial score (nSPS) is 19.9. The maximum Gasteiger partial charge on any atom is 0.339 e. The Balaban J connectivity index is 1.49. The second-order valence-electron chi connectivity index (χ2n) is 6.70. The molecule has 4 nitrogen and oxygen atoms in total. The van der Waals surface area contributed by atoms with E-state index in [0.29, 0.717) is 24.9 Å². The van der Waals surface area contributed by atoms with E-state index in [1.165, 1.54) is 0 Å². The third kappa shape index (κ3) is 5.23. The number of carboxylic acids is 1. The highest BCUT2D eigenvalue weighted by Gasteiger charge is 2.23. The molecular weight excluding hydrogens is 352 g/mol. The van der Waals surface area contributed by atoms with Crippen molar-refractivity contribution in [1.82, 2.24) is 0 Å². The van der Waals surface area contributed by atoms with Crippen molar-refractivity contribution in [3.05, 3.63) is 64.7 Å². The average molecular weight is 375 g/mol. The molecule has 1 aliphatic carbocycles. The first-order valence-corrected chi connectivity index (χ1v) is 9.31. The number of hydrogen-bond donors (Lipinski definition) is 1. The molecule has 138 valence electrons. The van der Waals surface area contributed by atoms with Crippen LogP contribution >= 0.6 is 11.6 Å². The first kappa shape index (κ1) is 18.7. The molecule has 2 unspecified atom stereocenters. The molecule has 1 saturated carbocycles. The summed E-state index contributed by atoms with van der Waals surface area (Å²) >= 11 is 5.90. The van der Waals surface area contributed by atoms with Crippen LogP contribution in [0, 0.1) is 5.92 Å². The van der Waals surface area contributed by atoms with E-state index >= 15 is 0 Å². The SMILES string of the molecule is O=C(O)c1ccccc1OCC1CCCC(OCc2ccc(Cl)cc2)C1. The Kier molecular flexibility index (Phi) is 6.53. The number of hydrogen-bond acceptors (Lipinski definition) is 3. The maximum atomic E-state index is 11.3. The van der Waals surface area contributed by atoms with Crippen molar-refractivity contribution >= 4 is 17.6 Å². The summed E-state index contributed by atoms with van der Waals surface area (Å²) in [6, 6.07) is 14.5. The third-order valence-electron chi connectivity index (χ3n) is 4.73. The van der Waals surface area contributed by atoms with Crippen LogP contribution in [0.25, 0.3) is 0 Å². The van der Waals surface area contributed by atoms with Crippen molar-refractivity contribution < 1.29 is 19.4 Å². The summed E-state index contributed by atoms with van der Waals surface area (Å²) in [6.45, 7) is 1.10. The van der Waals surface area contributed by atoms with Gasteiger partial charge in [0, 0.05) is 5.02 Å². The van der Waals surface area contributed by atoms with E-state index in [2.05, 4.69) is 0 Å². The van der Waals surface area contributed by atoms with Crippen LogP contribution in [0.4, 0.5) is 0 Å². The number of rotatable bonds is 7. The van der Waals surface area contributed by atoms with Gasteiger partial charge in [0.1, 0.15) is 11.3 Å². The van der Waals surface area contributed by atoms with Gasteiger partial charge in [0.05, 0.1) is 19.3 Å². The van der Waals surface area contributed by atoms with Gasteiger partial charge in [-0.05, 0) is 55.0 Å². The summed E-state index contributed by atoms with van der Waals surface area (Å²) in [4.78, 5) is 11.3. The average Bonchev–Trinajstić information content (AvgIpc) is 2.66. The van der Waals surface area contributed by atoms with Gasteiger partial charge in [0.2, 0.25) is 0 Å². The first-order valence-electron chi connectivity index (χ1n) is 8.93. The lowest BCUT2D eigenvalue weighted by Crippen LogP contribution is -2.26. The zero-order chi connectivity index (χ0) is 18.4. The molecule has 1 N–H and O–H groups in total. The summed E-state index contributed by atoms with van der Waals surface area (Å²) in [6.07, 6.45) is 4.37. The van der Waals surface area contributed by atoms with E-state index < -0.39 is 5.97 Å². The van der Waals surface area contributed by atoms with Crippen LogP contribution in [-0.2, 0) is 11.3 Å². The van der Waals surface area contributed by atoms with E-state index in [0.717, 1.165) is 36.3 Å². The van der Waals surface area contributed by atoms with Gasteiger partial charge in [-0.3, -0.25) is 0 Å². The van der Waals surface area contributed by atoms with Crippen LogP contribution in [0.1, 0.15) is 41.6 Å². The predicted octanol–water partition coefficient (Wildman–Crippen LogP) is 5.19. The molecule has 3 rings (SSSR count). The second kappa shape index (κ2) is 9.06. The molecule has 1 aliphatic rings. The Bertz CT molecular complexity index is 729. The standard InChI is InChI=1S/C21H23ClO4/c22-17-10-8-15(9-11-17)13-25-18-5-3-4-16(12-18)14-26-20-7-2-1-6-19(20)21(23)24/h1-2,6-11,16,18H,3-5,12-14H2,(H,23,24). The summed E-state index contributed by atoms with van der Waals surface area (Å²) in [5, 5.41) is 9.96. The topological polar surface area (TPSA) is 55.8 Å². The zero-order valence-corrected chi connectivity index (χ0v) is 15.3. The number of ether oxygens (including phenoxy) is 2. The van der Waals surface area contributed by atoms with Gasteiger partial charge in [0.15, 0.2) is 0 Å². The summed E-state index contributed by atoms with van der Waals surface area (Å²) < 4.78 is 11.9. The van der Waals surface area contributed by atoms with Crippen molar-refractivity contribution in [2.45, 2.75) is 38.4 Å². The molecule has 0 radical (unpaired) electrons. The summed E-state index contributed by atoms with van der Waals surface area (Å²) in [5.41, 5.74) is 1.32. The lowest BCUT2D eigenvalue weighted by Gasteiger charge is -2.29. The van der Waals surface area contributed by atoms with Crippen LogP contribution in [0.3, 0.4) is 0 Å². The summed E-state index contributed by atoms with van der Waals surface area (Å²) in [7, 11) is 0. The molecule has 0 saturated heterocycles. The number of para-hydroxylation sites is 1. The van der Waals surface area contributed by atoms with Crippen LogP contribution in [0.5, 0.6) is 5.75 Å². The second-order valence-corrected chi connectivity index (χ2v) is 7.14. The molecule has 2 aromatic rings. The Labute approximate surface area is 158 Å². The van der Waals surface area contributed by atoms with Crippen molar-refractivity contribution in [2.24, 2.45) is 5.92 Å². The number of benzene rings is 2. The van der Waals surface area contributed by atoms with Crippen LogP contribution in [0.15, 0.2) is 48.5 Å². The summed E-state index contributed by atoms with van der Waals surface area (Å²) in [5.74, 6) is -0.154. The highest BCUT2D eigenvalue weighted by molar-refractivity contribution is 6.30. The minimum absolute atomic E-state index is 0.207. The molecule has 26 heavy (non-hydrogen) atoms. The van der Waals surface area contributed by atoms with Gasteiger partial charge in [-0.15, -0.1) is 0 Å².